The van der Waals surface area contributed by atoms with E-state index < -0.39 is 11.5 Å². The number of cyclic esters (lactones) is 1. The van der Waals surface area contributed by atoms with Crippen LogP contribution < -0.4 is 0 Å². The molecule has 0 spiro atoms. The Morgan fingerprint density at radius 2 is 2.27 bits per heavy atom. The van der Waals surface area contributed by atoms with Gasteiger partial charge in [-0.15, -0.1) is 0 Å². The van der Waals surface area contributed by atoms with Crippen LogP contribution in [0.1, 0.15) is 27.2 Å². The first-order valence-corrected chi connectivity index (χ1v) is 3.74. The fraction of sp³-hybridized carbons (Fsp3) is 0.750. The van der Waals surface area contributed by atoms with E-state index in [4.69, 9.17) is 4.74 Å². The van der Waals surface area contributed by atoms with Gasteiger partial charge in [0.15, 0.2) is 5.92 Å². The van der Waals surface area contributed by atoms with Crippen LogP contribution in [0.2, 0.25) is 0 Å². The second-order valence-electron chi connectivity index (χ2n) is 3.13. The van der Waals surface area contributed by atoms with Crippen molar-refractivity contribution >= 4 is 11.8 Å². The van der Waals surface area contributed by atoms with Crippen molar-refractivity contribution in [3.8, 4) is 0 Å². The Labute approximate surface area is 65.7 Å². The molecule has 0 aromatic heterocycles. The van der Waals surface area contributed by atoms with Crippen LogP contribution in [-0.2, 0) is 14.3 Å². The van der Waals surface area contributed by atoms with Crippen LogP contribution in [0, 0.1) is 5.92 Å². The molecular weight excluding hydrogens is 144 g/mol. The third-order valence-corrected chi connectivity index (χ3v) is 2.29. The molecular formula is C8H12O3. The molecule has 1 fully saturated rings. The van der Waals surface area contributed by atoms with E-state index in [0.717, 1.165) is 0 Å². The van der Waals surface area contributed by atoms with Gasteiger partial charge < -0.3 is 4.74 Å². The molecule has 1 rings (SSSR count). The minimum atomic E-state index is -0.525. The molecule has 0 bridgehead atoms. The van der Waals surface area contributed by atoms with Gasteiger partial charge in [0.05, 0.1) is 0 Å². The van der Waals surface area contributed by atoms with Gasteiger partial charge in [-0.1, -0.05) is 6.92 Å². The summed E-state index contributed by atoms with van der Waals surface area (Å²) in [5.74, 6) is -0.986. The maximum absolute atomic E-state index is 10.9. The van der Waals surface area contributed by atoms with Crippen LogP contribution in [-0.4, -0.2) is 17.4 Å². The minimum Gasteiger partial charge on any atom is -0.457 e. The van der Waals surface area contributed by atoms with Crippen molar-refractivity contribution in [3.05, 3.63) is 0 Å². The SMILES string of the molecule is CC[C@]1(C)OC(=O)[C@H]1C(C)=O. The topological polar surface area (TPSA) is 43.4 Å². The lowest BCUT2D eigenvalue weighted by Crippen LogP contribution is -2.57. The Bertz CT molecular complexity index is 201. The van der Waals surface area contributed by atoms with Crippen molar-refractivity contribution in [2.75, 3.05) is 0 Å². The molecule has 3 heteroatoms. The maximum Gasteiger partial charge on any atom is 0.321 e. The van der Waals surface area contributed by atoms with Crippen LogP contribution in [0.4, 0.5) is 0 Å². The molecule has 2 atom stereocenters. The van der Waals surface area contributed by atoms with E-state index in [1.807, 2.05) is 6.92 Å². The molecule has 1 saturated heterocycles. The van der Waals surface area contributed by atoms with Gasteiger partial charge in [0.25, 0.3) is 0 Å². The second-order valence-corrected chi connectivity index (χ2v) is 3.13. The Morgan fingerprint density at radius 1 is 1.73 bits per heavy atom. The van der Waals surface area contributed by atoms with Gasteiger partial charge >= 0.3 is 5.97 Å². The summed E-state index contributed by atoms with van der Waals surface area (Å²) in [7, 11) is 0. The van der Waals surface area contributed by atoms with E-state index >= 15 is 0 Å². The van der Waals surface area contributed by atoms with Crippen molar-refractivity contribution in [3.63, 3.8) is 0 Å². The molecule has 0 aromatic rings. The largest absolute Gasteiger partial charge is 0.457 e. The summed E-state index contributed by atoms with van der Waals surface area (Å²) in [6.07, 6.45) is 0.697. The first-order valence-electron chi connectivity index (χ1n) is 3.74. The van der Waals surface area contributed by atoms with Crippen molar-refractivity contribution in [2.24, 2.45) is 5.92 Å². The zero-order valence-corrected chi connectivity index (χ0v) is 7.01. The zero-order valence-electron chi connectivity index (χ0n) is 7.01. The molecule has 1 aliphatic rings. The van der Waals surface area contributed by atoms with E-state index in [2.05, 4.69) is 0 Å². The number of Topliss-reactive ketones (excluding diaryl/α,β-unsaturated/α-hetero) is 1. The lowest BCUT2D eigenvalue weighted by molar-refractivity contribution is -0.208. The van der Waals surface area contributed by atoms with Crippen molar-refractivity contribution in [2.45, 2.75) is 32.8 Å². The Balaban J connectivity index is 2.76. The number of carbonyl (C=O) groups excluding carboxylic acids is 2. The van der Waals surface area contributed by atoms with Crippen molar-refractivity contribution in [1.29, 1.82) is 0 Å². The van der Waals surface area contributed by atoms with Gasteiger partial charge in [0, 0.05) is 0 Å². The number of hydrogen-bond donors (Lipinski definition) is 0. The summed E-state index contributed by atoms with van der Waals surface area (Å²) in [6.45, 7) is 5.13. The smallest absolute Gasteiger partial charge is 0.321 e. The number of ether oxygens (including phenoxy) is 1. The average molecular weight is 156 g/mol. The predicted octanol–water partition coefficient (Wildman–Crippen LogP) is 0.917. The summed E-state index contributed by atoms with van der Waals surface area (Å²) in [4.78, 5) is 21.7. The molecule has 62 valence electrons. The third kappa shape index (κ3) is 1.04. The predicted molar refractivity (Wildman–Crippen MR) is 39.0 cm³/mol. The highest BCUT2D eigenvalue weighted by Crippen LogP contribution is 2.37. The molecule has 0 N–H and O–H groups in total. The van der Waals surface area contributed by atoms with Crippen LogP contribution in [0.3, 0.4) is 0 Å². The molecule has 0 aliphatic carbocycles. The standard InChI is InChI=1S/C8H12O3/c1-4-8(3)6(5(2)9)7(10)11-8/h6H,4H2,1-3H3/t6-,8+/m1/s1. The summed E-state index contributed by atoms with van der Waals surface area (Å²) in [6, 6.07) is 0. The highest BCUT2D eigenvalue weighted by molar-refractivity contribution is 6.02. The lowest BCUT2D eigenvalue weighted by atomic mass is 9.79. The van der Waals surface area contributed by atoms with Crippen molar-refractivity contribution in [1.82, 2.24) is 0 Å². The van der Waals surface area contributed by atoms with Gasteiger partial charge in [-0.3, -0.25) is 9.59 Å². The van der Waals surface area contributed by atoms with Gasteiger partial charge in [0.2, 0.25) is 0 Å². The zero-order chi connectivity index (χ0) is 8.65. The first kappa shape index (κ1) is 8.24. The molecule has 3 nitrogen and oxygen atoms in total. The second kappa shape index (κ2) is 2.32. The molecule has 0 unspecified atom stereocenters. The highest BCUT2D eigenvalue weighted by Gasteiger charge is 2.54. The highest BCUT2D eigenvalue weighted by atomic mass is 16.6. The quantitative estimate of drug-likeness (QED) is 0.441. The molecule has 11 heavy (non-hydrogen) atoms. The Morgan fingerprint density at radius 3 is 2.45 bits per heavy atom. The van der Waals surface area contributed by atoms with Crippen LogP contribution >= 0.6 is 0 Å². The average Bonchev–Trinajstić information content (AvgIpc) is 1.84. The number of hydrogen-bond acceptors (Lipinski definition) is 3. The third-order valence-electron chi connectivity index (χ3n) is 2.29. The lowest BCUT2D eigenvalue weighted by Gasteiger charge is -2.43. The Kier molecular flexibility index (Phi) is 1.74. The molecule has 0 aromatic carbocycles. The number of rotatable bonds is 2. The van der Waals surface area contributed by atoms with Gasteiger partial charge in [0.1, 0.15) is 11.4 Å². The van der Waals surface area contributed by atoms with E-state index in [-0.39, 0.29) is 11.8 Å². The number of esters is 1. The summed E-state index contributed by atoms with van der Waals surface area (Å²) in [5, 5.41) is 0. The van der Waals surface area contributed by atoms with E-state index in [0.29, 0.717) is 6.42 Å². The Hall–Kier alpha value is -0.860. The number of carbonyl (C=O) groups is 2. The molecule has 1 aliphatic heterocycles. The monoisotopic (exact) mass is 156 g/mol. The van der Waals surface area contributed by atoms with Crippen molar-refractivity contribution < 1.29 is 14.3 Å². The molecule has 0 radical (unpaired) electrons. The van der Waals surface area contributed by atoms with E-state index in [1.54, 1.807) is 6.92 Å². The fourth-order valence-electron chi connectivity index (χ4n) is 1.41. The summed E-state index contributed by atoms with van der Waals surface area (Å²) < 4.78 is 4.89. The van der Waals surface area contributed by atoms with Gasteiger partial charge in [-0.25, -0.2) is 0 Å². The van der Waals surface area contributed by atoms with E-state index in [9.17, 15) is 9.59 Å². The maximum atomic E-state index is 10.9. The van der Waals surface area contributed by atoms with Crippen LogP contribution in [0.15, 0.2) is 0 Å². The fourth-order valence-corrected chi connectivity index (χ4v) is 1.41. The van der Waals surface area contributed by atoms with Gasteiger partial charge in [-0.05, 0) is 20.3 Å². The molecule has 1 heterocycles. The van der Waals surface area contributed by atoms with E-state index in [1.165, 1.54) is 6.92 Å². The molecule has 0 amide bonds. The normalized spacial score (nSPS) is 35.9. The first-order chi connectivity index (χ1) is 5.01. The summed E-state index contributed by atoms with van der Waals surface area (Å²) >= 11 is 0. The van der Waals surface area contributed by atoms with Crippen LogP contribution in [0.25, 0.3) is 0 Å². The minimum absolute atomic E-state index is 0.0920. The van der Waals surface area contributed by atoms with Gasteiger partial charge in [-0.2, -0.15) is 0 Å². The number of ketones is 1. The van der Waals surface area contributed by atoms with Crippen LogP contribution in [0.5, 0.6) is 0 Å². The summed E-state index contributed by atoms with van der Waals surface area (Å²) in [5.41, 5.74) is -0.525. The molecule has 0 saturated carbocycles.